The van der Waals surface area contributed by atoms with Crippen LogP contribution in [0.15, 0.2) is 72.8 Å². The molecule has 1 aliphatic carbocycles. The minimum absolute atomic E-state index is 0.251. The topological polar surface area (TPSA) is 63.4 Å². The summed E-state index contributed by atoms with van der Waals surface area (Å²) in [5, 5.41) is 0. The van der Waals surface area contributed by atoms with Crippen LogP contribution < -0.4 is 5.73 Å². The number of aryl methyl sites for hydroxylation is 1. The van der Waals surface area contributed by atoms with Gasteiger partial charge < -0.3 is 10.6 Å². The molecular formula is C26H25FN2O2. The van der Waals surface area contributed by atoms with Crippen molar-refractivity contribution in [3.63, 3.8) is 0 Å². The van der Waals surface area contributed by atoms with Crippen LogP contribution in [0.2, 0.25) is 0 Å². The first-order valence-electron chi connectivity index (χ1n) is 10.5. The Morgan fingerprint density at radius 2 is 1.71 bits per heavy atom. The molecule has 3 aromatic carbocycles. The Labute approximate surface area is 181 Å². The largest absolute Gasteiger partial charge is 0.368 e. The van der Waals surface area contributed by atoms with Crippen molar-refractivity contribution in [2.75, 3.05) is 0 Å². The van der Waals surface area contributed by atoms with Gasteiger partial charge in [0.05, 0.1) is 6.04 Å². The monoisotopic (exact) mass is 416 g/mol. The number of fused-ring (bicyclic) bond motifs is 1. The van der Waals surface area contributed by atoms with E-state index in [1.165, 1.54) is 0 Å². The van der Waals surface area contributed by atoms with Gasteiger partial charge in [-0.3, -0.25) is 9.59 Å². The number of hydrogen-bond acceptors (Lipinski definition) is 2. The lowest BCUT2D eigenvalue weighted by Crippen LogP contribution is -2.43. The van der Waals surface area contributed by atoms with Crippen LogP contribution in [0.25, 0.3) is 0 Å². The van der Waals surface area contributed by atoms with Crippen molar-refractivity contribution in [3.8, 4) is 0 Å². The average molecular weight is 416 g/mol. The summed E-state index contributed by atoms with van der Waals surface area (Å²) in [6, 6.07) is 20.0. The Balaban J connectivity index is 1.88. The van der Waals surface area contributed by atoms with Crippen LogP contribution in [0, 0.1) is 5.82 Å². The maximum Gasteiger partial charge on any atom is 0.255 e. The number of halogens is 1. The third kappa shape index (κ3) is 3.96. The first-order valence-corrected chi connectivity index (χ1v) is 10.5. The molecule has 4 rings (SSSR count). The fourth-order valence-electron chi connectivity index (χ4n) is 4.47. The van der Waals surface area contributed by atoms with E-state index in [-0.39, 0.29) is 11.7 Å². The van der Waals surface area contributed by atoms with E-state index >= 15 is 0 Å². The summed E-state index contributed by atoms with van der Waals surface area (Å²) in [4.78, 5) is 28.0. The molecule has 0 fully saturated rings. The number of carbonyl (C=O) groups excluding carboxylic acids is 2. The number of nitrogens with two attached hydrogens (primary N) is 1. The van der Waals surface area contributed by atoms with Gasteiger partial charge >= 0.3 is 0 Å². The van der Waals surface area contributed by atoms with Crippen molar-refractivity contribution in [1.82, 2.24) is 4.90 Å². The molecule has 0 aliphatic heterocycles. The van der Waals surface area contributed by atoms with Crippen LogP contribution in [-0.4, -0.2) is 16.7 Å². The molecule has 5 heteroatoms. The van der Waals surface area contributed by atoms with Gasteiger partial charge in [-0.25, -0.2) is 4.39 Å². The van der Waals surface area contributed by atoms with Crippen LogP contribution >= 0.6 is 0 Å². The summed E-state index contributed by atoms with van der Waals surface area (Å²) in [6.45, 7) is 1.97. The van der Waals surface area contributed by atoms with E-state index in [2.05, 4.69) is 0 Å². The van der Waals surface area contributed by atoms with Crippen molar-refractivity contribution in [2.24, 2.45) is 5.73 Å². The fraction of sp³-hybridized carbons (Fsp3) is 0.231. The molecule has 2 amide bonds. The fourth-order valence-corrected chi connectivity index (χ4v) is 4.47. The molecule has 0 unspecified atom stereocenters. The third-order valence-electron chi connectivity index (χ3n) is 5.98. The van der Waals surface area contributed by atoms with Gasteiger partial charge in [-0.2, -0.15) is 0 Å². The van der Waals surface area contributed by atoms with E-state index < -0.39 is 18.0 Å². The molecule has 3 aromatic rings. The number of rotatable bonds is 6. The molecule has 0 aromatic heterocycles. The highest BCUT2D eigenvalue weighted by molar-refractivity contribution is 5.98. The number of nitrogens with zero attached hydrogens (tertiary/aromatic N) is 1. The summed E-state index contributed by atoms with van der Waals surface area (Å²) < 4.78 is 14.8. The number of primary amides is 1. The molecule has 158 valence electrons. The van der Waals surface area contributed by atoms with Gasteiger partial charge in [-0.1, -0.05) is 61.5 Å². The van der Waals surface area contributed by atoms with Gasteiger partial charge in [0, 0.05) is 5.56 Å². The Morgan fingerprint density at radius 3 is 2.32 bits per heavy atom. The van der Waals surface area contributed by atoms with E-state index in [0.29, 0.717) is 36.0 Å². The lowest BCUT2D eigenvalue weighted by Gasteiger charge is -2.36. The zero-order chi connectivity index (χ0) is 22.0. The highest BCUT2D eigenvalue weighted by atomic mass is 19.1. The molecule has 0 heterocycles. The second-order valence-corrected chi connectivity index (χ2v) is 7.85. The predicted octanol–water partition coefficient (Wildman–Crippen LogP) is 4.74. The van der Waals surface area contributed by atoms with Gasteiger partial charge in [-0.15, -0.1) is 0 Å². The second-order valence-electron chi connectivity index (χ2n) is 7.85. The maximum absolute atomic E-state index is 14.8. The zero-order valence-corrected chi connectivity index (χ0v) is 17.4. The summed E-state index contributed by atoms with van der Waals surface area (Å²) in [7, 11) is 0. The molecule has 2 N–H and O–H groups in total. The molecule has 4 nitrogen and oxygen atoms in total. The number of carbonyl (C=O) groups is 2. The minimum atomic E-state index is -0.960. The van der Waals surface area contributed by atoms with Crippen molar-refractivity contribution in [3.05, 3.63) is 106 Å². The van der Waals surface area contributed by atoms with Crippen molar-refractivity contribution in [2.45, 2.75) is 38.3 Å². The third-order valence-corrected chi connectivity index (χ3v) is 5.98. The molecule has 31 heavy (non-hydrogen) atoms. The smallest absolute Gasteiger partial charge is 0.255 e. The lowest BCUT2D eigenvalue weighted by atomic mass is 9.96. The zero-order valence-electron chi connectivity index (χ0n) is 17.4. The Hall–Kier alpha value is -3.47. The summed E-state index contributed by atoms with van der Waals surface area (Å²) in [5.41, 5.74) is 9.20. The van der Waals surface area contributed by atoms with E-state index in [9.17, 15) is 14.0 Å². The summed E-state index contributed by atoms with van der Waals surface area (Å²) in [5.74, 6) is -1.16. The summed E-state index contributed by atoms with van der Waals surface area (Å²) in [6.07, 6.45) is 1.73. The SMILES string of the molecule is CCc1cc(F)c2c(c1)[C@H](N(C(=O)c1ccccc1)[C@@H](C(N)=O)c1ccccc1)CC2. The van der Waals surface area contributed by atoms with E-state index in [4.69, 9.17) is 5.73 Å². The average Bonchev–Trinajstić information content (AvgIpc) is 3.22. The molecule has 0 spiro atoms. The van der Waals surface area contributed by atoms with Crippen molar-refractivity contribution < 1.29 is 14.0 Å². The van der Waals surface area contributed by atoms with Crippen LogP contribution in [0.1, 0.15) is 58.0 Å². The second kappa shape index (κ2) is 8.72. The molecule has 1 aliphatic rings. The normalized spacial score (nSPS) is 15.9. The Bertz CT molecular complexity index is 1100. The van der Waals surface area contributed by atoms with Gasteiger partial charge in [0.1, 0.15) is 11.9 Å². The summed E-state index contributed by atoms with van der Waals surface area (Å²) >= 11 is 0. The van der Waals surface area contributed by atoms with Gasteiger partial charge in [-0.05, 0) is 59.7 Å². The first-order chi connectivity index (χ1) is 15.0. The highest BCUT2D eigenvalue weighted by Gasteiger charge is 2.40. The maximum atomic E-state index is 14.8. The van der Waals surface area contributed by atoms with Gasteiger partial charge in [0.15, 0.2) is 0 Å². The molecule has 0 saturated heterocycles. The Kier molecular flexibility index (Phi) is 5.85. The van der Waals surface area contributed by atoms with Gasteiger partial charge in [0.2, 0.25) is 5.91 Å². The minimum Gasteiger partial charge on any atom is -0.368 e. The molecule has 2 atom stereocenters. The molecular weight excluding hydrogens is 391 g/mol. The van der Waals surface area contributed by atoms with E-state index in [1.54, 1.807) is 47.4 Å². The number of hydrogen-bond donors (Lipinski definition) is 1. The van der Waals surface area contributed by atoms with Crippen LogP contribution in [0.5, 0.6) is 0 Å². The van der Waals surface area contributed by atoms with Crippen molar-refractivity contribution in [1.29, 1.82) is 0 Å². The molecule has 0 radical (unpaired) electrons. The molecule has 0 saturated carbocycles. The quantitative estimate of drug-likeness (QED) is 0.631. The highest BCUT2D eigenvalue weighted by Crippen LogP contribution is 2.42. The number of amides is 2. The van der Waals surface area contributed by atoms with Crippen LogP contribution in [-0.2, 0) is 17.6 Å². The standard InChI is InChI=1S/C26H25FN2O2/c1-2-17-15-21-20(22(27)16-17)13-14-23(21)29(26(31)19-11-7-4-8-12-19)24(25(28)30)18-9-5-3-6-10-18/h3-12,15-16,23-24H,2,13-14H2,1H3,(H2,28,30)/t23-,24-/m1/s1. The van der Waals surface area contributed by atoms with Crippen LogP contribution in [0.3, 0.4) is 0 Å². The van der Waals surface area contributed by atoms with E-state index in [1.807, 2.05) is 37.3 Å². The van der Waals surface area contributed by atoms with E-state index in [0.717, 1.165) is 11.1 Å². The lowest BCUT2D eigenvalue weighted by molar-refractivity contribution is -0.123. The van der Waals surface area contributed by atoms with Crippen LogP contribution in [0.4, 0.5) is 4.39 Å². The first kappa shape index (κ1) is 20.8. The Morgan fingerprint density at radius 1 is 1.06 bits per heavy atom. The van der Waals surface area contributed by atoms with Gasteiger partial charge in [0.25, 0.3) is 5.91 Å². The number of benzene rings is 3. The van der Waals surface area contributed by atoms with Crippen molar-refractivity contribution >= 4 is 11.8 Å². The molecule has 0 bridgehead atoms. The predicted molar refractivity (Wildman–Crippen MR) is 118 cm³/mol.